The van der Waals surface area contributed by atoms with Gasteiger partial charge in [0.1, 0.15) is 5.70 Å². The van der Waals surface area contributed by atoms with Crippen LogP contribution in [0.4, 0.5) is 14.6 Å². The van der Waals surface area contributed by atoms with Crippen LogP contribution in [0.1, 0.15) is 25.8 Å². The van der Waals surface area contributed by atoms with Crippen molar-refractivity contribution in [2.45, 2.75) is 33.5 Å². The minimum Gasteiger partial charge on any atom is -0.395 e. The number of allylic oxidation sites excluding steroid dienone is 1. The van der Waals surface area contributed by atoms with Crippen LogP contribution in [0.15, 0.2) is 40.8 Å². The second-order valence-corrected chi connectivity index (χ2v) is 6.68. The van der Waals surface area contributed by atoms with Crippen LogP contribution in [0.25, 0.3) is 11.3 Å². The first-order valence-corrected chi connectivity index (χ1v) is 8.50. The number of carbonyl (C=O) groups is 1. The normalized spacial score (nSPS) is 17.0. The number of anilines is 1. The van der Waals surface area contributed by atoms with Gasteiger partial charge >= 0.3 is 6.29 Å². The summed E-state index contributed by atoms with van der Waals surface area (Å²) in [5.74, 6) is -0.183. The fourth-order valence-corrected chi connectivity index (χ4v) is 3.12. The molecule has 0 saturated carbocycles. The van der Waals surface area contributed by atoms with Gasteiger partial charge in [-0.05, 0) is 44.0 Å². The molecule has 144 valence electrons. The van der Waals surface area contributed by atoms with Crippen LogP contribution in [0.3, 0.4) is 0 Å². The Bertz CT molecular complexity index is 1050. The van der Waals surface area contributed by atoms with Crippen molar-refractivity contribution in [3.05, 3.63) is 41.4 Å². The molecule has 0 spiro atoms. The van der Waals surface area contributed by atoms with E-state index < -0.39 is 6.29 Å². The lowest BCUT2D eigenvalue weighted by atomic mass is 10.1. The molecule has 0 saturated heterocycles. The predicted molar refractivity (Wildman–Crippen MR) is 97.5 cm³/mol. The van der Waals surface area contributed by atoms with Crippen molar-refractivity contribution in [3.63, 3.8) is 0 Å². The van der Waals surface area contributed by atoms with Crippen LogP contribution < -0.4 is 14.8 Å². The minimum absolute atomic E-state index is 0.0286. The lowest BCUT2D eigenvalue weighted by molar-refractivity contribution is -0.286. The number of alkyl halides is 2. The van der Waals surface area contributed by atoms with Crippen molar-refractivity contribution < 1.29 is 23.0 Å². The number of nitrogens with one attached hydrogen (secondary N) is 1. The summed E-state index contributed by atoms with van der Waals surface area (Å²) in [6, 6.07) is 2.89. The molecule has 0 atom stereocenters. The molecule has 4 rings (SSSR count). The minimum atomic E-state index is -3.68. The van der Waals surface area contributed by atoms with E-state index in [9.17, 15) is 13.6 Å². The topological polar surface area (TPSA) is 85.7 Å². The van der Waals surface area contributed by atoms with Gasteiger partial charge in [-0.2, -0.15) is 0 Å². The molecule has 7 nitrogen and oxygen atoms in total. The van der Waals surface area contributed by atoms with Crippen LogP contribution in [0.2, 0.25) is 0 Å². The molecule has 0 radical (unpaired) electrons. The number of ether oxygens (including phenoxy) is 2. The molecule has 0 unspecified atom stereocenters. The van der Waals surface area contributed by atoms with Crippen molar-refractivity contribution in [2.24, 2.45) is 4.99 Å². The average Bonchev–Trinajstić information content (AvgIpc) is 3.11. The van der Waals surface area contributed by atoms with Crippen molar-refractivity contribution in [1.82, 2.24) is 9.97 Å². The smallest absolute Gasteiger partial charge is 0.395 e. The molecule has 28 heavy (non-hydrogen) atoms. The first-order chi connectivity index (χ1) is 13.2. The first-order valence-electron chi connectivity index (χ1n) is 8.50. The molecule has 0 fully saturated rings. The second kappa shape index (κ2) is 6.36. The van der Waals surface area contributed by atoms with Gasteiger partial charge in [-0.1, -0.05) is 0 Å². The Morgan fingerprint density at radius 2 is 1.82 bits per heavy atom. The standard InChI is InChI=1S/C19H16F2N4O3/c1-9-5-14-15(28-19(20,21)27-14)6-12(9)13-7-23-16(8-22-13)25-18(26)17-10(2)4-11(3)24-17/h5-8H,4H2,1-3H3,(H,23,25,26). The second-order valence-electron chi connectivity index (χ2n) is 6.68. The number of amides is 1. The van der Waals surface area contributed by atoms with Crippen LogP contribution >= 0.6 is 0 Å². The number of nitrogens with zero attached hydrogens (tertiary/aromatic N) is 3. The number of aryl methyl sites for hydroxylation is 1. The number of halogens is 2. The molecule has 2 aromatic rings. The Labute approximate surface area is 159 Å². The summed E-state index contributed by atoms with van der Waals surface area (Å²) in [4.78, 5) is 25.0. The molecule has 1 aromatic carbocycles. The molecule has 0 aliphatic carbocycles. The Morgan fingerprint density at radius 3 is 2.43 bits per heavy atom. The third kappa shape index (κ3) is 3.30. The van der Waals surface area contributed by atoms with Gasteiger partial charge in [-0.25, -0.2) is 4.98 Å². The van der Waals surface area contributed by atoms with Crippen LogP contribution in [-0.4, -0.2) is 27.9 Å². The molecule has 2 aliphatic rings. The van der Waals surface area contributed by atoms with Crippen LogP contribution in [-0.2, 0) is 4.79 Å². The van der Waals surface area contributed by atoms with E-state index in [-0.39, 0.29) is 23.2 Å². The molecule has 0 bridgehead atoms. The summed E-state index contributed by atoms with van der Waals surface area (Å²) in [5.41, 5.74) is 3.85. The van der Waals surface area contributed by atoms with Gasteiger partial charge in [0, 0.05) is 17.7 Å². The van der Waals surface area contributed by atoms with E-state index in [2.05, 4.69) is 29.8 Å². The monoisotopic (exact) mass is 386 g/mol. The molecule has 1 amide bonds. The zero-order chi connectivity index (χ0) is 20.1. The fraction of sp³-hybridized carbons (Fsp3) is 0.263. The first kappa shape index (κ1) is 18.0. The van der Waals surface area contributed by atoms with Gasteiger partial charge in [0.05, 0.1) is 18.1 Å². The molecule has 2 aliphatic heterocycles. The zero-order valence-electron chi connectivity index (χ0n) is 15.3. The number of aliphatic imine (C=N–C) groups is 1. The molecule has 3 heterocycles. The molecule has 1 N–H and O–H groups in total. The number of hydrogen-bond acceptors (Lipinski definition) is 6. The summed E-state index contributed by atoms with van der Waals surface area (Å²) in [6.45, 7) is 5.46. The van der Waals surface area contributed by atoms with Crippen molar-refractivity contribution in [2.75, 3.05) is 5.32 Å². The number of hydrogen-bond donors (Lipinski definition) is 1. The third-order valence-corrected chi connectivity index (χ3v) is 4.36. The Balaban J connectivity index is 1.55. The summed E-state index contributed by atoms with van der Waals surface area (Å²) in [5, 5.41) is 2.66. The van der Waals surface area contributed by atoms with E-state index in [0.717, 1.165) is 11.3 Å². The lowest BCUT2D eigenvalue weighted by Gasteiger charge is -2.08. The summed E-state index contributed by atoms with van der Waals surface area (Å²) >= 11 is 0. The molecular weight excluding hydrogens is 370 g/mol. The number of benzene rings is 1. The largest absolute Gasteiger partial charge is 0.586 e. The Morgan fingerprint density at radius 1 is 1.11 bits per heavy atom. The van der Waals surface area contributed by atoms with E-state index in [0.29, 0.717) is 28.9 Å². The van der Waals surface area contributed by atoms with E-state index >= 15 is 0 Å². The third-order valence-electron chi connectivity index (χ3n) is 4.36. The maximum atomic E-state index is 13.2. The van der Waals surface area contributed by atoms with E-state index in [4.69, 9.17) is 0 Å². The summed E-state index contributed by atoms with van der Waals surface area (Å²) in [7, 11) is 0. The Kier molecular flexibility index (Phi) is 4.10. The fourth-order valence-electron chi connectivity index (χ4n) is 3.12. The van der Waals surface area contributed by atoms with Gasteiger partial charge in [-0.15, -0.1) is 8.78 Å². The molecule has 9 heteroatoms. The maximum Gasteiger partial charge on any atom is 0.586 e. The average molecular weight is 386 g/mol. The van der Waals surface area contributed by atoms with E-state index in [1.54, 1.807) is 6.92 Å². The quantitative estimate of drug-likeness (QED) is 0.866. The summed E-state index contributed by atoms with van der Waals surface area (Å²) < 4.78 is 35.4. The van der Waals surface area contributed by atoms with Crippen LogP contribution in [0.5, 0.6) is 11.5 Å². The number of rotatable bonds is 3. The van der Waals surface area contributed by atoms with Gasteiger partial charge < -0.3 is 14.8 Å². The number of carbonyl (C=O) groups excluding carboxylic acids is 1. The maximum absolute atomic E-state index is 13.2. The molecule has 1 aromatic heterocycles. The highest BCUT2D eigenvalue weighted by molar-refractivity contribution is 6.07. The van der Waals surface area contributed by atoms with Gasteiger partial charge in [0.25, 0.3) is 5.91 Å². The van der Waals surface area contributed by atoms with Crippen molar-refractivity contribution >= 4 is 17.4 Å². The van der Waals surface area contributed by atoms with Crippen molar-refractivity contribution in [3.8, 4) is 22.8 Å². The van der Waals surface area contributed by atoms with Gasteiger partial charge in [-0.3, -0.25) is 14.8 Å². The zero-order valence-corrected chi connectivity index (χ0v) is 15.3. The highest BCUT2D eigenvalue weighted by atomic mass is 19.3. The highest BCUT2D eigenvalue weighted by Gasteiger charge is 2.43. The SMILES string of the molecule is CC1=NC(C(=O)Nc2cnc(-c3cc4c(cc3C)OC(F)(F)O4)cn2)=C(C)C1. The molecular formula is C19H16F2N4O3. The van der Waals surface area contributed by atoms with Gasteiger partial charge in [0.2, 0.25) is 0 Å². The summed E-state index contributed by atoms with van der Waals surface area (Å²) in [6.07, 6.45) is -0.160. The van der Waals surface area contributed by atoms with Gasteiger partial charge in [0.15, 0.2) is 17.3 Å². The highest BCUT2D eigenvalue weighted by Crippen LogP contribution is 2.44. The van der Waals surface area contributed by atoms with E-state index in [1.807, 2.05) is 13.8 Å². The van der Waals surface area contributed by atoms with E-state index in [1.165, 1.54) is 24.5 Å². The lowest BCUT2D eigenvalue weighted by Crippen LogP contribution is -2.25. The number of fused-ring (bicyclic) bond motifs is 1. The predicted octanol–water partition coefficient (Wildman–Crippen LogP) is 3.85. The Hall–Kier alpha value is -3.36. The number of aromatic nitrogens is 2. The van der Waals surface area contributed by atoms with Crippen LogP contribution in [0, 0.1) is 6.92 Å². The van der Waals surface area contributed by atoms with Crippen molar-refractivity contribution in [1.29, 1.82) is 0 Å².